The zero-order valence-corrected chi connectivity index (χ0v) is 13.0. The summed E-state index contributed by atoms with van der Waals surface area (Å²) in [5, 5.41) is 5.76. The number of nitrogens with one attached hydrogen (secondary N) is 4. The van der Waals surface area contributed by atoms with E-state index in [1.807, 2.05) is 30.3 Å². The summed E-state index contributed by atoms with van der Waals surface area (Å²) in [5.41, 5.74) is 5.84. The van der Waals surface area contributed by atoms with Crippen LogP contribution in [0.5, 0.6) is 0 Å². The second-order valence-corrected chi connectivity index (χ2v) is 4.88. The second-order valence-electron chi connectivity index (χ2n) is 4.48. The van der Waals surface area contributed by atoms with Crippen LogP contribution in [0.1, 0.15) is 17.0 Å². The molecule has 0 atom stereocenters. The van der Waals surface area contributed by atoms with Crippen LogP contribution in [-0.2, 0) is 4.79 Å². The number of amides is 2. The molecule has 0 bridgehead atoms. The normalized spacial score (nSPS) is 9.74. The van der Waals surface area contributed by atoms with Crippen LogP contribution in [0.15, 0.2) is 53.1 Å². The molecule has 1 aromatic heterocycles. The lowest BCUT2D eigenvalue weighted by molar-refractivity contribution is -0.121. The maximum absolute atomic E-state index is 11.6. The molecule has 2 aromatic rings. The largest absolute Gasteiger partial charge is 0.459 e. The predicted octanol–water partition coefficient (Wildman–Crippen LogP) is 1.42. The molecule has 0 radical (unpaired) electrons. The molecule has 4 N–H and O–H groups in total. The molecule has 0 fully saturated rings. The Hall–Kier alpha value is -2.87. The Morgan fingerprint density at radius 1 is 1.04 bits per heavy atom. The molecule has 0 aliphatic rings. The molecule has 0 saturated heterocycles. The van der Waals surface area contributed by atoms with Crippen molar-refractivity contribution in [3.8, 4) is 0 Å². The number of anilines is 1. The van der Waals surface area contributed by atoms with Crippen LogP contribution in [0, 0.1) is 0 Å². The van der Waals surface area contributed by atoms with Gasteiger partial charge in [-0.2, -0.15) is 0 Å². The van der Waals surface area contributed by atoms with Gasteiger partial charge in [0, 0.05) is 18.7 Å². The summed E-state index contributed by atoms with van der Waals surface area (Å²) in [6.45, 7) is 0.186. The van der Waals surface area contributed by atoms with E-state index in [1.165, 1.54) is 6.26 Å². The summed E-state index contributed by atoms with van der Waals surface area (Å²) in [4.78, 5) is 23.2. The maximum Gasteiger partial charge on any atom is 0.286 e. The average Bonchev–Trinajstić information content (AvgIpc) is 3.08. The minimum atomic E-state index is -0.364. The van der Waals surface area contributed by atoms with Crippen LogP contribution in [0.25, 0.3) is 0 Å². The summed E-state index contributed by atoms with van der Waals surface area (Å²) >= 11 is 5.04. The number of carbonyl (C=O) groups is 2. The molecule has 2 amide bonds. The summed E-state index contributed by atoms with van der Waals surface area (Å²) in [6, 6.07) is 12.5. The molecule has 1 aromatic carbocycles. The van der Waals surface area contributed by atoms with Gasteiger partial charge in [0.25, 0.3) is 5.91 Å². The Kier molecular flexibility index (Phi) is 6.13. The highest BCUT2D eigenvalue weighted by Crippen LogP contribution is 2.03. The minimum absolute atomic E-state index is 0.105. The van der Waals surface area contributed by atoms with Crippen molar-refractivity contribution < 1.29 is 14.0 Å². The standard InChI is InChI=1S/C15H16N4O3S/c20-13(8-9-16-14(21)12-7-4-10-22-12)18-19-15(23)17-11-5-2-1-3-6-11/h1-7,10H,8-9H2,(H,16,21)(H,18,20)(H2,17,19,23). The third-order valence-electron chi connectivity index (χ3n) is 2.73. The second kappa shape index (κ2) is 8.54. The van der Waals surface area contributed by atoms with Crippen molar-refractivity contribution in [3.63, 3.8) is 0 Å². The van der Waals surface area contributed by atoms with Gasteiger partial charge in [-0.05, 0) is 36.5 Å². The highest BCUT2D eigenvalue weighted by molar-refractivity contribution is 7.80. The summed E-state index contributed by atoms with van der Waals surface area (Å²) in [7, 11) is 0. The Morgan fingerprint density at radius 3 is 2.52 bits per heavy atom. The van der Waals surface area contributed by atoms with Crippen LogP contribution < -0.4 is 21.5 Å². The van der Waals surface area contributed by atoms with Crippen LogP contribution >= 0.6 is 12.2 Å². The fraction of sp³-hybridized carbons (Fsp3) is 0.133. The fourth-order valence-corrected chi connectivity index (χ4v) is 1.83. The lowest BCUT2D eigenvalue weighted by Crippen LogP contribution is -2.44. The summed E-state index contributed by atoms with van der Waals surface area (Å²) in [5.74, 6) is -0.462. The first-order valence-electron chi connectivity index (χ1n) is 6.88. The van der Waals surface area contributed by atoms with Gasteiger partial charge in [-0.3, -0.25) is 20.4 Å². The van der Waals surface area contributed by atoms with Crippen molar-refractivity contribution >= 4 is 34.8 Å². The number of hydrogen-bond acceptors (Lipinski definition) is 4. The van der Waals surface area contributed by atoms with E-state index >= 15 is 0 Å². The molecular formula is C15H16N4O3S. The number of para-hydroxylation sites is 1. The smallest absolute Gasteiger partial charge is 0.286 e. The SMILES string of the molecule is O=C(CCNC(=O)c1ccco1)NNC(=S)Nc1ccccc1. The van der Waals surface area contributed by atoms with E-state index in [0.29, 0.717) is 0 Å². The molecule has 8 heteroatoms. The summed E-state index contributed by atoms with van der Waals surface area (Å²) in [6.07, 6.45) is 1.51. The maximum atomic E-state index is 11.6. The molecule has 120 valence electrons. The molecule has 0 aliphatic carbocycles. The predicted molar refractivity (Wildman–Crippen MR) is 89.6 cm³/mol. The first kappa shape index (κ1) is 16.5. The van der Waals surface area contributed by atoms with Gasteiger partial charge in [0.05, 0.1) is 6.26 Å². The van der Waals surface area contributed by atoms with Gasteiger partial charge < -0.3 is 15.1 Å². The molecule has 0 saturated carbocycles. The van der Waals surface area contributed by atoms with E-state index < -0.39 is 0 Å². The van der Waals surface area contributed by atoms with Crippen molar-refractivity contribution in [2.75, 3.05) is 11.9 Å². The molecular weight excluding hydrogens is 316 g/mol. The molecule has 7 nitrogen and oxygen atoms in total. The Morgan fingerprint density at radius 2 is 1.83 bits per heavy atom. The Bertz CT molecular complexity index is 659. The van der Waals surface area contributed by atoms with Gasteiger partial charge in [0.2, 0.25) is 5.91 Å². The van der Waals surface area contributed by atoms with E-state index in [9.17, 15) is 9.59 Å². The van der Waals surface area contributed by atoms with E-state index in [2.05, 4.69) is 21.5 Å². The third-order valence-corrected chi connectivity index (χ3v) is 2.93. The molecule has 1 heterocycles. The Balaban J connectivity index is 1.61. The zero-order chi connectivity index (χ0) is 16.5. The van der Waals surface area contributed by atoms with Crippen LogP contribution in [0.2, 0.25) is 0 Å². The number of furan rings is 1. The molecule has 0 aliphatic heterocycles. The van der Waals surface area contributed by atoms with Crippen molar-refractivity contribution in [3.05, 3.63) is 54.5 Å². The lowest BCUT2D eigenvalue weighted by Gasteiger charge is -2.11. The van der Waals surface area contributed by atoms with Crippen LogP contribution in [0.3, 0.4) is 0 Å². The van der Waals surface area contributed by atoms with Crippen LogP contribution in [-0.4, -0.2) is 23.5 Å². The van der Waals surface area contributed by atoms with Crippen molar-refractivity contribution in [1.82, 2.24) is 16.2 Å². The third kappa shape index (κ3) is 5.79. The van der Waals surface area contributed by atoms with Crippen LogP contribution in [0.4, 0.5) is 5.69 Å². The highest BCUT2D eigenvalue weighted by atomic mass is 32.1. The van der Waals surface area contributed by atoms with Crippen molar-refractivity contribution in [2.45, 2.75) is 6.42 Å². The van der Waals surface area contributed by atoms with Crippen molar-refractivity contribution in [1.29, 1.82) is 0 Å². The van der Waals surface area contributed by atoms with E-state index in [1.54, 1.807) is 12.1 Å². The monoisotopic (exact) mass is 332 g/mol. The molecule has 23 heavy (non-hydrogen) atoms. The summed E-state index contributed by atoms with van der Waals surface area (Å²) < 4.78 is 4.94. The number of carbonyl (C=O) groups excluding carboxylic acids is 2. The van der Waals surface area contributed by atoms with E-state index in [0.717, 1.165) is 5.69 Å². The molecule has 0 unspecified atom stereocenters. The Labute approximate surface area is 138 Å². The average molecular weight is 332 g/mol. The van der Waals surface area contributed by atoms with E-state index in [4.69, 9.17) is 16.6 Å². The number of rotatable bonds is 5. The number of benzene rings is 1. The molecule has 2 rings (SSSR count). The number of hydrogen-bond donors (Lipinski definition) is 4. The van der Waals surface area contributed by atoms with Crippen molar-refractivity contribution in [2.24, 2.45) is 0 Å². The minimum Gasteiger partial charge on any atom is -0.459 e. The van der Waals surface area contributed by atoms with E-state index in [-0.39, 0.29) is 35.7 Å². The number of hydrazine groups is 1. The van der Waals surface area contributed by atoms with Gasteiger partial charge in [-0.15, -0.1) is 0 Å². The van der Waals surface area contributed by atoms with Gasteiger partial charge in [-0.25, -0.2) is 0 Å². The van der Waals surface area contributed by atoms with Gasteiger partial charge >= 0.3 is 0 Å². The fourth-order valence-electron chi connectivity index (χ4n) is 1.66. The lowest BCUT2D eigenvalue weighted by atomic mass is 10.3. The van der Waals surface area contributed by atoms with Gasteiger partial charge in [0.1, 0.15) is 0 Å². The highest BCUT2D eigenvalue weighted by Gasteiger charge is 2.08. The molecule has 0 spiro atoms. The topological polar surface area (TPSA) is 95.4 Å². The van der Waals surface area contributed by atoms with Gasteiger partial charge in [0.15, 0.2) is 10.9 Å². The first-order valence-corrected chi connectivity index (χ1v) is 7.28. The first-order chi connectivity index (χ1) is 11.1. The zero-order valence-electron chi connectivity index (χ0n) is 12.2. The quantitative estimate of drug-likeness (QED) is 0.489. The number of thiocarbonyl (C=S) groups is 1. The van der Waals surface area contributed by atoms with Gasteiger partial charge in [-0.1, -0.05) is 18.2 Å².